The number of hydrogen-bond acceptors (Lipinski definition) is 4. The molecule has 2 aliphatic rings. The fraction of sp³-hybridized carbons (Fsp3) is 0.409. The summed E-state index contributed by atoms with van der Waals surface area (Å²) in [6.45, 7) is 2.53. The van der Waals surface area contributed by atoms with Gasteiger partial charge in [-0.1, -0.05) is 24.3 Å². The summed E-state index contributed by atoms with van der Waals surface area (Å²) in [6.07, 6.45) is 2.86. The predicted molar refractivity (Wildman–Crippen MR) is 104 cm³/mol. The van der Waals surface area contributed by atoms with Gasteiger partial charge in [-0.2, -0.15) is 0 Å². The van der Waals surface area contributed by atoms with Crippen LogP contribution in [0.5, 0.6) is 11.5 Å². The van der Waals surface area contributed by atoms with Crippen molar-refractivity contribution in [1.29, 1.82) is 0 Å². The number of nitrogens with zero attached hydrogens (tertiary/aromatic N) is 1. The van der Waals surface area contributed by atoms with E-state index in [2.05, 4.69) is 16.3 Å². The van der Waals surface area contributed by atoms with E-state index in [1.165, 1.54) is 0 Å². The Morgan fingerprint density at radius 1 is 1.04 bits per heavy atom. The summed E-state index contributed by atoms with van der Waals surface area (Å²) in [5, 5.41) is 3.34. The highest BCUT2D eigenvalue weighted by molar-refractivity contribution is 5.96. The smallest absolute Gasteiger partial charge is 0.252 e. The van der Waals surface area contributed by atoms with Gasteiger partial charge in [0.2, 0.25) is 0 Å². The second-order valence-electron chi connectivity index (χ2n) is 7.49. The van der Waals surface area contributed by atoms with Crippen LogP contribution in [0.2, 0.25) is 0 Å². The molecule has 2 aromatic carbocycles. The zero-order chi connectivity index (χ0) is 18.9. The molecule has 2 heterocycles. The number of fused-ring (bicyclic) bond motifs is 1. The minimum atomic E-state index is -0.161. The van der Waals surface area contributed by atoms with E-state index >= 15 is 0 Å². The Kier molecular flexibility index (Phi) is 4.79. The average Bonchev–Trinajstić information content (AvgIpc) is 3.02. The van der Waals surface area contributed by atoms with E-state index in [1.54, 1.807) is 14.2 Å². The van der Waals surface area contributed by atoms with Crippen molar-refractivity contribution >= 4 is 5.91 Å². The highest BCUT2D eigenvalue weighted by atomic mass is 16.5. The summed E-state index contributed by atoms with van der Waals surface area (Å²) < 4.78 is 11.1. The Morgan fingerprint density at radius 3 is 2.52 bits per heavy atom. The first-order valence-electron chi connectivity index (χ1n) is 9.47. The standard InChI is InChI=1S/C22H26N2O3/c1-26-19-8-5-9-20(27-2)18(19)14-24-13-12-22(15-24)11-10-16-6-3-4-7-17(16)21(25)23-22/h3-9H,10-15H2,1-2H3,(H,23,25). The van der Waals surface area contributed by atoms with Crippen LogP contribution in [0.4, 0.5) is 0 Å². The van der Waals surface area contributed by atoms with Crippen molar-refractivity contribution in [3.05, 3.63) is 59.2 Å². The lowest BCUT2D eigenvalue weighted by Gasteiger charge is -2.29. The quantitative estimate of drug-likeness (QED) is 0.904. The number of ether oxygens (including phenoxy) is 2. The number of rotatable bonds is 4. The van der Waals surface area contributed by atoms with E-state index in [0.717, 1.165) is 67.1 Å². The summed E-state index contributed by atoms with van der Waals surface area (Å²) in [5.41, 5.74) is 2.87. The first kappa shape index (κ1) is 17.9. The Labute approximate surface area is 160 Å². The molecule has 1 amide bonds. The summed E-state index contributed by atoms with van der Waals surface area (Å²) in [4.78, 5) is 15.1. The van der Waals surface area contributed by atoms with Crippen molar-refractivity contribution in [2.24, 2.45) is 0 Å². The number of carbonyl (C=O) groups excluding carboxylic acids is 1. The van der Waals surface area contributed by atoms with E-state index in [9.17, 15) is 4.79 Å². The van der Waals surface area contributed by atoms with Gasteiger partial charge in [-0.05, 0) is 43.0 Å². The van der Waals surface area contributed by atoms with E-state index in [4.69, 9.17) is 9.47 Å². The van der Waals surface area contributed by atoms with Crippen LogP contribution in [0.15, 0.2) is 42.5 Å². The molecule has 2 aliphatic heterocycles. The molecule has 27 heavy (non-hydrogen) atoms. The molecule has 4 rings (SSSR count). The van der Waals surface area contributed by atoms with Gasteiger partial charge in [-0.15, -0.1) is 0 Å². The third-order valence-electron chi connectivity index (χ3n) is 5.86. The molecule has 1 saturated heterocycles. The molecule has 0 aromatic heterocycles. The van der Waals surface area contributed by atoms with Gasteiger partial charge in [-0.3, -0.25) is 9.69 Å². The van der Waals surface area contributed by atoms with Gasteiger partial charge >= 0.3 is 0 Å². The third-order valence-corrected chi connectivity index (χ3v) is 5.86. The third kappa shape index (κ3) is 3.39. The molecule has 0 saturated carbocycles. The molecule has 5 nitrogen and oxygen atoms in total. The predicted octanol–water partition coefficient (Wildman–Crippen LogP) is 3.02. The highest BCUT2D eigenvalue weighted by Gasteiger charge is 2.41. The lowest BCUT2D eigenvalue weighted by atomic mass is 9.91. The van der Waals surface area contributed by atoms with Crippen LogP contribution in [0.25, 0.3) is 0 Å². The number of hydrogen-bond donors (Lipinski definition) is 1. The van der Waals surface area contributed by atoms with Crippen molar-refractivity contribution < 1.29 is 14.3 Å². The van der Waals surface area contributed by atoms with Gasteiger partial charge in [0.15, 0.2) is 0 Å². The molecular formula is C22H26N2O3. The Hall–Kier alpha value is -2.53. The second kappa shape index (κ2) is 7.24. The van der Waals surface area contributed by atoms with Gasteiger partial charge in [0.05, 0.1) is 25.3 Å². The maximum Gasteiger partial charge on any atom is 0.252 e. The largest absolute Gasteiger partial charge is 0.496 e. The first-order valence-corrected chi connectivity index (χ1v) is 9.47. The number of methoxy groups -OCH3 is 2. The van der Waals surface area contributed by atoms with Crippen molar-refractivity contribution in [3.8, 4) is 11.5 Å². The van der Waals surface area contributed by atoms with Crippen LogP contribution >= 0.6 is 0 Å². The van der Waals surface area contributed by atoms with Gasteiger partial charge in [0.25, 0.3) is 5.91 Å². The molecule has 0 bridgehead atoms. The lowest BCUT2D eigenvalue weighted by molar-refractivity contribution is 0.0902. The van der Waals surface area contributed by atoms with Crippen LogP contribution in [0, 0.1) is 0 Å². The second-order valence-corrected chi connectivity index (χ2v) is 7.49. The van der Waals surface area contributed by atoms with Crippen LogP contribution in [-0.4, -0.2) is 43.7 Å². The molecule has 2 aromatic rings. The molecule has 1 spiro atoms. The van der Waals surface area contributed by atoms with Crippen LogP contribution in [-0.2, 0) is 13.0 Å². The van der Waals surface area contributed by atoms with Crippen molar-refractivity contribution in [2.45, 2.75) is 31.3 Å². The number of benzene rings is 2. The highest BCUT2D eigenvalue weighted by Crippen LogP contribution is 2.35. The van der Waals surface area contributed by atoms with E-state index in [1.807, 2.05) is 36.4 Å². The molecule has 0 aliphatic carbocycles. The minimum Gasteiger partial charge on any atom is -0.496 e. The van der Waals surface area contributed by atoms with Crippen LogP contribution < -0.4 is 14.8 Å². The topological polar surface area (TPSA) is 50.8 Å². The van der Waals surface area contributed by atoms with E-state index in [-0.39, 0.29) is 11.4 Å². The SMILES string of the molecule is COc1cccc(OC)c1CN1CCC2(CCc3ccccc3C(=O)N2)C1. The zero-order valence-electron chi connectivity index (χ0n) is 16.0. The normalized spacial score (nSPS) is 22.2. The molecule has 1 unspecified atom stereocenters. The number of likely N-dealkylation sites (tertiary alicyclic amines) is 1. The number of aryl methyl sites for hydroxylation is 1. The molecule has 1 N–H and O–H groups in total. The molecule has 1 fully saturated rings. The van der Waals surface area contributed by atoms with E-state index in [0.29, 0.717) is 0 Å². The molecule has 1 atom stereocenters. The molecule has 0 radical (unpaired) electrons. The Morgan fingerprint density at radius 2 is 1.78 bits per heavy atom. The maximum absolute atomic E-state index is 12.8. The van der Waals surface area contributed by atoms with Crippen LogP contribution in [0.1, 0.15) is 34.3 Å². The first-order chi connectivity index (χ1) is 13.1. The molecular weight excluding hydrogens is 340 g/mol. The minimum absolute atomic E-state index is 0.0554. The number of nitrogens with one attached hydrogen (secondary N) is 1. The van der Waals surface area contributed by atoms with Crippen molar-refractivity contribution in [2.75, 3.05) is 27.3 Å². The summed E-state index contributed by atoms with van der Waals surface area (Å²) in [5.74, 6) is 1.74. The van der Waals surface area contributed by atoms with Gasteiger partial charge in [-0.25, -0.2) is 0 Å². The summed E-state index contributed by atoms with van der Waals surface area (Å²) in [6, 6.07) is 13.8. The fourth-order valence-corrected chi connectivity index (χ4v) is 4.41. The fourth-order valence-electron chi connectivity index (χ4n) is 4.41. The number of carbonyl (C=O) groups is 1. The van der Waals surface area contributed by atoms with Crippen LogP contribution in [0.3, 0.4) is 0 Å². The van der Waals surface area contributed by atoms with Crippen molar-refractivity contribution in [3.63, 3.8) is 0 Å². The van der Waals surface area contributed by atoms with E-state index < -0.39 is 0 Å². The summed E-state index contributed by atoms with van der Waals surface area (Å²) in [7, 11) is 3.37. The Balaban J connectivity index is 1.52. The van der Waals surface area contributed by atoms with Gasteiger partial charge < -0.3 is 14.8 Å². The number of amides is 1. The monoisotopic (exact) mass is 366 g/mol. The Bertz CT molecular complexity index is 829. The molecule has 5 heteroatoms. The zero-order valence-corrected chi connectivity index (χ0v) is 16.0. The van der Waals surface area contributed by atoms with Gasteiger partial charge in [0, 0.05) is 25.2 Å². The average molecular weight is 366 g/mol. The maximum atomic E-state index is 12.8. The lowest BCUT2D eigenvalue weighted by Crippen LogP contribution is -2.49. The van der Waals surface area contributed by atoms with Gasteiger partial charge in [0.1, 0.15) is 11.5 Å². The van der Waals surface area contributed by atoms with Crippen molar-refractivity contribution in [1.82, 2.24) is 10.2 Å². The molecule has 142 valence electrons. The summed E-state index contributed by atoms with van der Waals surface area (Å²) >= 11 is 0.